The fourth-order valence-corrected chi connectivity index (χ4v) is 3.88. The first-order valence-corrected chi connectivity index (χ1v) is 11.0. The van der Waals surface area contributed by atoms with Crippen molar-refractivity contribution in [3.63, 3.8) is 0 Å². The molecule has 1 amide bonds. The molecular formula is C27H26FN3O3. The van der Waals surface area contributed by atoms with Gasteiger partial charge in [-0.15, -0.1) is 0 Å². The molecule has 2 N–H and O–H groups in total. The first-order valence-electron chi connectivity index (χ1n) is 11.0. The van der Waals surface area contributed by atoms with Crippen molar-refractivity contribution in [2.24, 2.45) is 0 Å². The first kappa shape index (κ1) is 23.2. The van der Waals surface area contributed by atoms with Gasteiger partial charge in [0, 0.05) is 23.4 Å². The van der Waals surface area contributed by atoms with Gasteiger partial charge in [-0.25, -0.2) is 9.18 Å². The van der Waals surface area contributed by atoms with E-state index in [-0.39, 0.29) is 18.3 Å². The molecule has 1 heterocycles. The van der Waals surface area contributed by atoms with Gasteiger partial charge in [0.2, 0.25) is 0 Å². The summed E-state index contributed by atoms with van der Waals surface area (Å²) in [4.78, 5) is 27.1. The molecule has 0 aromatic heterocycles. The van der Waals surface area contributed by atoms with E-state index < -0.39 is 5.97 Å². The number of ether oxygens (including phenoxy) is 1. The summed E-state index contributed by atoms with van der Waals surface area (Å²) < 4.78 is 19.8. The van der Waals surface area contributed by atoms with Gasteiger partial charge in [0.05, 0.1) is 29.1 Å². The van der Waals surface area contributed by atoms with Crippen LogP contribution in [0.2, 0.25) is 0 Å². The minimum atomic E-state index is -0.452. The summed E-state index contributed by atoms with van der Waals surface area (Å²) in [5.74, 6) is -1.09. The highest BCUT2D eigenvalue weighted by Gasteiger charge is 2.29. The molecule has 174 valence electrons. The molecule has 0 unspecified atom stereocenters. The van der Waals surface area contributed by atoms with E-state index in [0.29, 0.717) is 45.9 Å². The van der Waals surface area contributed by atoms with Gasteiger partial charge in [0.15, 0.2) is 0 Å². The summed E-state index contributed by atoms with van der Waals surface area (Å²) in [6.45, 7) is 2.48. The smallest absolute Gasteiger partial charge is 0.338 e. The highest BCUT2D eigenvalue weighted by Crippen LogP contribution is 2.38. The first-order chi connectivity index (χ1) is 16.4. The maximum absolute atomic E-state index is 14.7. The fourth-order valence-electron chi connectivity index (χ4n) is 3.88. The minimum Gasteiger partial charge on any atom is -0.462 e. The van der Waals surface area contributed by atoms with E-state index in [1.165, 1.54) is 6.07 Å². The Labute approximate surface area is 198 Å². The third kappa shape index (κ3) is 4.84. The Balaban J connectivity index is 1.79. The third-order valence-electron chi connectivity index (χ3n) is 5.40. The predicted molar refractivity (Wildman–Crippen MR) is 132 cm³/mol. The molecule has 0 bridgehead atoms. The van der Waals surface area contributed by atoms with Crippen LogP contribution in [0.1, 0.15) is 34.0 Å². The second kappa shape index (κ2) is 9.89. The zero-order valence-electron chi connectivity index (χ0n) is 19.3. The van der Waals surface area contributed by atoms with Crippen molar-refractivity contribution in [2.45, 2.75) is 13.5 Å². The standard InChI is InChI=1S/C27H26FN3O3/c1-4-34-27(33)18-11-13-21-23(14-18)30-26(32)24(21)25(17-8-6-5-7-9-17)29-20-12-10-19(16-31(2)3)22(28)15-20/h5-15,29H,4,16H2,1-3H3,(H,30,32)/b25-24-. The molecule has 1 aliphatic heterocycles. The molecule has 0 fully saturated rings. The van der Waals surface area contributed by atoms with Gasteiger partial charge in [-0.1, -0.05) is 42.5 Å². The van der Waals surface area contributed by atoms with Gasteiger partial charge in [0.1, 0.15) is 5.82 Å². The lowest BCUT2D eigenvalue weighted by molar-refractivity contribution is -0.110. The SMILES string of the molecule is CCOC(=O)c1ccc2c(c1)NC(=O)/C2=C(\Nc1ccc(CN(C)C)c(F)c1)c1ccccc1. The molecule has 1 aliphatic rings. The van der Waals surface area contributed by atoms with E-state index in [2.05, 4.69) is 10.6 Å². The largest absolute Gasteiger partial charge is 0.462 e. The van der Waals surface area contributed by atoms with Crippen LogP contribution in [0.15, 0.2) is 66.7 Å². The summed E-state index contributed by atoms with van der Waals surface area (Å²) in [6.07, 6.45) is 0. The molecule has 0 saturated heterocycles. The predicted octanol–water partition coefficient (Wildman–Crippen LogP) is 5.00. The summed E-state index contributed by atoms with van der Waals surface area (Å²) in [7, 11) is 3.76. The lowest BCUT2D eigenvalue weighted by atomic mass is 9.99. The van der Waals surface area contributed by atoms with Crippen molar-refractivity contribution in [1.29, 1.82) is 0 Å². The number of halogens is 1. The Bertz CT molecular complexity index is 1270. The van der Waals surface area contributed by atoms with E-state index in [0.717, 1.165) is 5.56 Å². The quantitative estimate of drug-likeness (QED) is 0.385. The number of benzene rings is 3. The van der Waals surface area contributed by atoms with Gasteiger partial charge in [-0.3, -0.25) is 4.79 Å². The van der Waals surface area contributed by atoms with Crippen molar-refractivity contribution in [2.75, 3.05) is 31.3 Å². The number of rotatable bonds is 7. The van der Waals surface area contributed by atoms with E-state index in [1.807, 2.05) is 49.3 Å². The molecule has 0 aliphatic carbocycles. The molecule has 0 spiro atoms. The lowest BCUT2D eigenvalue weighted by Gasteiger charge is -2.16. The van der Waals surface area contributed by atoms with E-state index in [4.69, 9.17) is 4.74 Å². The van der Waals surface area contributed by atoms with E-state index in [1.54, 1.807) is 37.3 Å². The van der Waals surface area contributed by atoms with E-state index >= 15 is 0 Å². The van der Waals surface area contributed by atoms with Crippen molar-refractivity contribution < 1.29 is 18.7 Å². The number of esters is 1. The van der Waals surface area contributed by atoms with E-state index in [9.17, 15) is 14.0 Å². The third-order valence-corrected chi connectivity index (χ3v) is 5.40. The fraction of sp³-hybridized carbons (Fsp3) is 0.185. The van der Waals surface area contributed by atoms with Gasteiger partial charge < -0.3 is 20.3 Å². The highest BCUT2D eigenvalue weighted by molar-refractivity contribution is 6.37. The number of hydrogen-bond acceptors (Lipinski definition) is 5. The number of nitrogens with zero attached hydrogens (tertiary/aromatic N) is 1. The number of amides is 1. The summed E-state index contributed by atoms with van der Waals surface area (Å²) in [5, 5.41) is 6.10. The minimum absolute atomic E-state index is 0.263. The molecule has 3 aromatic rings. The number of nitrogens with one attached hydrogen (secondary N) is 2. The monoisotopic (exact) mass is 459 g/mol. The van der Waals surface area contributed by atoms with Crippen molar-refractivity contribution in [1.82, 2.24) is 4.90 Å². The number of fused-ring (bicyclic) bond motifs is 1. The van der Waals surface area contributed by atoms with Crippen LogP contribution < -0.4 is 10.6 Å². The van der Waals surface area contributed by atoms with Gasteiger partial charge >= 0.3 is 5.97 Å². The maximum atomic E-state index is 14.7. The van der Waals surface area contributed by atoms with Crippen LogP contribution in [0.4, 0.5) is 15.8 Å². The number of carbonyl (C=O) groups excluding carboxylic acids is 2. The molecule has 4 rings (SSSR count). The number of carbonyl (C=O) groups is 2. The zero-order chi connectivity index (χ0) is 24.2. The van der Waals surface area contributed by atoms with Crippen LogP contribution >= 0.6 is 0 Å². The Morgan fingerprint density at radius 1 is 1.03 bits per heavy atom. The molecule has 34 heavy (non-hydrogen) atoms. The Morgan fingerprint density at radius 2 is 1.79 bits per heavy atom. The highest BCUT2D eigenvalue weighted by atomic mass is 19.1. The second-order valence-corrected chi connectivity index (χ2v) is 8.22. The Kier molecular flexibility index (Phi) is 6.75. The summed E-state index contributed by atoms with van der Waals surface area (Å²) in [6, 6.07) is 19.3. The van der Waals surface area contributed by atoms with Crippen LogP contribution in [0.25, 0.3) is 11.3 Å². The summed E-state index contributed by atoms with van der Waals surface area (Å²) >= 11 is 0. The molecule has 3 aromatic carbocycles. The Morgan fingerprint density at radius 3 is 2.47 bits per heavy atom. The van der Waals surface area contributed by atoms with Crippen LogP contribution in [0.5, 0.6) is 0 Å². The van der Waals surface area contributed by atoms with Crippen molar-refractivity contribution >= 4 is 34.5 Å². The van der Waals surface area contributed by atoms with Crippen molar-refractivity contribution in [3.8, 4) is 0 Å². The zero-order valence-corrected chi connectivity index (χ0v) is 19.3. The topological polar surface area (TPSA) is 70.7 Å². The van der Waals surface area contributed by atoms with Gasteiger partial charge in [0.25, 0.3) is 5.91 Å². The molecule has 0 radical (unpaired) electrons. The molecule has 0 saturated carbocycles. The summed E-state index contributed by atoms with van der Waals surface area (Å²) in [5.41, 5.74) is 4.36. The molecule has 6 nitrogen and oxygen atoms in total. The van der Waals surface area contributed by atoms with Crippen LogP contribution in [-0.4, -0.2) is 37.5 Å². The van der Waals surface area contributed by atoms with Gasteiger partial charge in [-0.2, -0.15) is 0 Å². The van der Waals surface area contributed by atoms with Crippen LogP contribution in [0, 0.1) is 5.82 Å². The number of hydrogen-bond donors (Lipinski definition) is 2. The number of anilines is 2. The second-order valence-electron chi connectivity index (χ2n) is 8.22. The molecule has 7 heteroatoms. The van der Waals surface area contributed by atoms with Crippen LogP contribution in [-0.2, 0) is 16.1 Å². The normalized spacial score (nSPS) is 14.0. The Hall–Kier alpha value is -3.97. The molecular weight excluding hydrogens is 433 g/mol. The van der Waals surface area contributed by atoms with Crippen molar-refractivity contribution in [3.05, 3.63) is 94.8 Å². The van der Waals surface area contributed by atoms with Crippen LogP contribution in [0.3, 0.4) is 0 Å². The van der Waals surface area contributed by atoms with Gasteiger partial charge in [-0.05, 0) is 50.8 Å². The molecule has 0 atom stereocenters. The average molecular weight is 460 g/mol. The maximum Gasteiger partial charge on any atom is 0.338 e. The lowest BCUT2D eigenvalue weighted by Crippen LogP contribution is -2.12. The average Bonchev–Trinajstić information content (AvgIpc) is 3.14.